The van der Waals surface area contributed by atoms with Crippen LogP contribution in [-0.2, 0) is 0 Å². The van der Waals surface area contributed by atoms with Crippen molar-refractivity contribution < 1.29 is 13.2 Å². The Kier molecular flexibility index (Phi) is 5.46. The summed E-state index contributed by atoms with van der Waals surface area (Å²) in [5.41, 5.74) is -0.515. The molecular formula is C8H12F3S. The molecule has 0 spiro atoms. The third kappa shape index (κ3) is 5.52. The Bertz CT molecular complexity index is 149. The molecule has 0 rings (SSSR count). The van der Waals surface area contributed by atoms with E-state index < -0.39 is 11.7 Å². The van der Waals surface area contributed by atoms with Crippen LogP contribution in [0.5, 0.6) is 0 Å². The van der Waals surface area contributed by atoms with Crippen LogP contribution in [0, 0.1) is 6.92 Å². The second-order valence-corrected chi connectivity index (χ2v) is 3.46. The number of allylic oxidation sites excluding steroid dienone is 1. The number of alkyl halides is 3. The number of thioether (sulfide) groups is 1. The molecule has 0 aliphatic heterocycles. The first kappa shape index (κ1) is 11.9. The molecule has 71 valence electrons. The highest BCUT2D eigenvalue weighted by atomic mass is 32.2. The lowest BCUT2D eigenvalue weighted by Gasteiger charge is -2.05. The zero-order valence-corrected chi connectivity index (χ0v) is 7.76. The van der Waals surface area contributed by atoms with Crippen molar-refractivity contribution >= 4 is 11.8 Å². The third-order valence-corrected chi connectivity index (χ3v) is 2.22. The van der Waals surface area contributed by atoms with Crippen molar-refractivity contribution in [2.24, 2.45) is 0 Å². The summed E-state index contributed by atoms with van der Waals surface area (Å²) < 4.78 is 35.6. The molecule has 0 atom stereocenters. The van der Waals surface area contributed by atoms with Crippen LogP contribution in [0.2, 0.25) is 0 Å². The molecule has 0 aromatic carbocycles. The smallest absolute Gasteiger partial charge is 0.167 e. The van der Waals surface area contributed by atoms with Crippen LogP contribution in [-0.4, -0.2) is 17.7 Å². The van der Waals surface area contributed by atoms with Gasteiger partial charge in [0, 0.05) is 11.3 Å². The van der Waals surface area contributed by atoms with Crippen molar-refractivity contribution in [3.63, 3.8) is 0 Å². The van der Waals surface area contributed by atoms with E-state index in [-0.39, 0.29) is 0 Å². The molecule has 0 saturated carbocycles. The molecule has 0 bridgehead atoms. The van der Waals surface area contributed by atoms with E-state index in [0.717, 1.165) is 19.1 Å². The summed E-state index contributed by atoms with van der Waals surface area (Å²) in [6.07, 6.45) is -2.20. The highest BCUT2D eigenvalue weighted by Crippen LogP contribution is 2.25. The van der Waals surface area contributed by atoms with E-state index in [9.17, 15) is 13.2 Å². The van der Waals surface area contributed by atoms with Crippen LogP contribution >= 0.6 is 11.8 Å². The summed E-state index contributed by atoms with van der Waals surface area (Å²) in [6.45, 7) is 4.68. The van der Waals surface area contributed by atoms with Crippen LogP contribution in [0.4, 0.5) is 13.2 Å². The molecule has 0 aromatic rings. The van der Waals surface area contributed by atoms with Gasteiger partial charge in [0.05, 0.1) is 0 Å². The fourth-order valence-corrected chi connectivity index (χ4v) is 1.22. The normalized spacial score (nSPS) is 13.6. The van der Waals surface area contributed by atoms with Crippen LogP contribution in [0.1, 0.15) is 13.3 Å². The third-order valence-electron chi connectivity index (χ3n) is 1.24. The first-order valence-corrected chi connectivity index (χ1v) is 4.75. The van der Waals surface area contributed by atoms with Gasteiger partial charge in [-0.15, -0.1) is 0 Å². The Morgan fingerprint density at radius 1 is 1.50 bits per heavy atom. The van der Waals surface area contributed by atoms with E-state index in [1.807, 2.05) is 0 Å². The van der Waals surface area contributed by atoms with Crippen molar-refractivity contribution in [3.8, 4) is 0 Å². The Morgan fingerprint density at radius 2 is 2.08 bits per heavy atom. The molecule has 0 fully saturated rings. The van der Waals surface area contributed by atoms with Gasteiger partial charge in [-0.25, -0.2) is 0 Å². The second kappa shape index (κ2) is 5.51. The standard InChI is InChI=1S/C8H12F3S/c1-3-5-12-6-4-7(2)8(9,10)11/h4H,1,3,5-6H2,2H3. The molecule has 12 heavy (non-hydrogen) atoms. The number of hydrogen-bond acceptors (Lipinski definition) is 1. The SMILES string of the molecule is [CH2]CCSCC=C(C)C(F)(F)F. The first-order valence-electron chi connectivity index (χ1n) is 3.59. The lowest BCUT2D eigenvalue weighted by molar-refractivity contribution is -0.0914. The lowest BCUT2D eigenvalue weighted by atomic mass is 10.3. The second-order valence-electron chi connectivity index (χ2n) is 2.31. The van der Waals surface area contributed by atoms with Gasteiger partial charge < -0.3 is 0 Å². The van der Waals surface area contributed by atoms with Crippen molar-refractivity contribution in [2.45, 2.75) is 19.5 Å². The molecule has 0 aliphatic carbocycles. The molecule has 0 amide bonds. The van der Waals surface area contributed by atoms with Gasteiger partial charge in [-0.2, -0.15) is 24.9 Å². The van der Waals surface area contributed by atoms with Gasteiger partial charge in [-0.3, -0.25) is 0 Å². The van der Waals surface area contributed by atoms with Gasteiger partial charge in [0.25, 0.3) is 0 Å². The maximum atomic E-state index is 11.9. The van der Waals surface area contributed by atoms with Gasteiger partial charge >= 0.3 is 6.18 Å². The maximum Gasteiger partial charge on any atom is 0.412 e. The van der Waals surface area contributed by atoms with Crippen LogP contribution in [0.3, 0.4) is 0 Å². The zero-order chi connectivity index (χ0) is 9.61. The van der Waals surface area contributed by atoms with Crippen molar-refractivity contribution in [1.29, 1.82) is 0 Å². The summed E-state index contributed by atoms with van der Waals surface area (Å²) in [5, 5.41) is 0. The summed E-state index contributed by atoms with van der Waals surface area (Å²) in [7, 11) is 0. The summed E-state index contributed by atoms with van der Waals surface area (Å²) in [5.74, 6) is 1.22. The summed E-state index contributed by atoms with van der Waals surface area (Å²) >= 11 is 1.46. The Balaban J connectivity index is 3.70. The van der Waals surface area contributed by atoms with Gasteiger partial charge in [-0.1, -0.05) is 13.0 Å². The lowest BCUT2D eigenvalue weighted by Crippen LogP contribution is -2.08. The van der Waals surface area contributed by atoms with Crippen LogP contribution in [0.15, 0.2) is 11.6 Å². The quantitative estimate of drug-likeness (QED) is 0.491. The van der Waals surface area contributed by atoms with Crippen LogP contribution < -0.4 is 0 Å². The van der Waals surface area contributed by atoms with Gasteiger partial charge in [-0.05, 0) is 19.1 Å². The van der Waals surface area contributed by atoms with E-state index >= 15 is 0 Å². The molecule has 0 aromatic heterocycles. The zero-order valence-electron chi connectivity index (χ0n) is 6.95. The molecule has 0 saturated heterocycles. The predicted octanol–water partition coefficient (Wildman–Crippen LogP) is 3.45. The van der Waals surface area contributed by atoms with E-state index in [2.05, 4.69) is 6.92 Å². The summed E-state index contributed by atoms with van der Waals surface area (Å²) in [6, 6.07) is 0. The Hall–Kier alpha value is -0.120. The molecule has 0 N–H and O–H groups in total. The fraction of sp³-hybridized carbons (Fsp3) is 0.625. The maximum absolute atomic E-state index is 11.9. The average Bonchev–Trinajstić information content (AvgIpc) is 1.96. The minimum atomic E-state index is -4.16. The number of hydrogen-bond donors (Lipinski definition) is 0. The van der Waals surface area contributed by atoms with Crippen molar-refractivity contribution in [2.75, 3.05) is 11.5 Å². The van der Waals surface area contributed by atoms with E-state index in [0.29, 0.717) is 5.75 Å². The number of halogens is 3. The molecule has 0 aliphatic rings. The van der Waals surface area contributed by atoms with Gasteiger partial charge in [0.2, 0.25) is 0 Å². The molecule has 0 unspecified atom stereocenters. The minimum Gasteiger partial charge on any atom is -0.167 e. The number of rotatable bonds is 4. The topological polar surface area (TPSA) is 0 Å². The van der Waals surface area contributed by atoms with Gasteiger partial charge in [0.1, 0.15) is 0 Å². The fourth-order valence-electron chi connectivity index (χ4n) is 0.485. The summed E-state index contributed by atoms with van der Waals surface area (Å²) in [4.78, 5) is 0. The van der Waals surface area contributed by atoms with Gasteiger partial charge in [0.15, 0.2) is 0 Å². The van der Waals surface area contributed by atoms with Crippen molar-refractivity contribution in [3.05, 3.63) is 18.6 Å². The highest BCUT2D eigenvalue weighted by molar-refractivity contribution is 7.99. The van der Waals surface area contributed by atoms with E-state index in [4.69, 9.17) is 0 Å². The molecular weight excluding hydrogens is 185 g/mol. The average molecular weight is 197 g/mol. The molecule has 0 nitrogen and oxygen atoms in total. The minimum absolute atomic E-state index is 0.418. The molecule has 0 heterocycles. The molecule has 1 radical (unpaired) electrons. The van der Waals surface area contributed by atoms with Crippen molar-refractivity contribution in [1.82, 2.24) is 0 Å². The first-order chi connectivity index (χ1) is 5.48. The van der Waals surface area contributed by atoms with E-state index in [1.165, 1.54) is 17.8 Å². The van der Waals surface area contributed by atoms with E-state index in [1.54, 1.807) is 0 Å². The largest absolute Gasteiger partial charge is 0.412 e. The Morgan fingerprint density at radius 3 is 2.50 bits per heavy atom. The monoisotopic (exact) mass is 197 g/mol. The molecule has 4 heteroatoms. The predicted molar refractivity (Wildman–Crippen MR) is 47.1 cm³/mol. The highest BCUT2D eigenvalue weighted by Gasteiger charge is 2.29. The Labute approximate surface area is 75.2 Å². The van der Waals surface area contributed by atoms with Crippen LogP contribution in [0.25, 0.3) is 0 Å².